The zero-order valence-corrected chi connectivity index (χ0v) is 7.68. The zero-order chi connectivity index (χ0) is 8.15. The largest absolute Gasteiger partial charge is 1.00 e. The summed E-state index contributed by atoms with van der Waals surface area (Å²) in [5.41, 5.74) is 2.01. The Morgan fingerprint density at radius 3 is 2.18 bits per heavy atom. The van der Waals surface area contributed by atoms with Crippen LogP contribution >= 0.6 is 0 Å². The van der Waals surface area contributed by atoms with Crippen LogP contribution in [-0.4, -0.2) is 18.1 Å². The van der Waals surface area contributed by atoms with Gasteiger partial charge in [0.15, 0.2) is 0 Å². The molecule has 0 spiro atoms. The lowest BCUT2D eigenvalue weighted by atomic mass is 10.3. The summed E-state index contributed by atoms with van der Waals surface area (Å²) >= 11 is 0. The van der Waals surface area contributed by atoms with Crippen molar-refractivity contribution in [3.05, 3.63) is 0 Å². The first-order valence-electron chi connectivity index (χ1n) is 3.23. The smallest absolute Gasteiger partial charge is 0.262 e. The standard InChI is InChI=1S/C6H14N2O2.ClH/c1-4(2)10-5(3)6(9)8-7;/h4-5H,7H2,1-3H3,(H,8,9);1H/p-1. The van der Waals surface area contributed by atoms with Gasteiger partial charge in [-0.2, -0.15) is 0 Å². The quantitative estimate of drug-likeness (QED) is 0.274. The van der Waals surface area contributed by atoms with E-state index < -0.39 is 6.10 Å². The van der Waals surface area contributed by atoms with Gasteiger partial charge in [-0.05, 0) is 20.8 Å². The summed E-state index contributed by atoms with van der Waals surface area (Å²) in [6.07, 6.45) is -0.419. The van der Waals surface area contributed by atoms with Crippen LogP contribution in [0.2, 0.25) is 0 Å². The molecule has 0 saturated heterocycles. The number of nitrogens with two attached hydrogens (primary N) is 1. The minimum atomic E-state index is -0.468. The SMILES string of the molecule is CC(C)OC(C)C(=O)NN.[Cl-]. The van der Waals surface area contributed by atoms with Gasteiger partial charge in [0.25, 0.3) is 5.91 Å². The number of halogens is 1. The first-order chi connectivity index (χ1) is 4.57. The van der Waals surface area contributed by atoms with Gasteiger partial charge in [0.1, 0.15) is 6.10 Å². The molecule has 0 heterocycles. The molecule has 0 aliphatic rings. The van der Waals surface area contributed by atoms with Crippen molar-refractivity contribution in [2.24, 2.45) is 5.84 Å². The van der Waals surface area contributed by atoms with Crippen molar-refractivity contribution in [3.8, 4) is 0 Å². The van der Waals surface area contributed by atoms with Gasteiger partial charge in [-0.25, -0.2) is 5.84 Å². The minimum Gasteiger partial charge on any atom is -1.00 e. The predicted octanol–water partition coefficient (Wildman–Crippen LogP) is -3.21. The number of carbonyl (C=O) groups excluding carboxylic acids is 1. The average molecular weight is 182 g/mol. The van der Waals surface area contributed by atoms with E-state index in [1.165, 1.54) is 0 Å². The second-order valence-corrected chi connectivity index (χ2v) is 2.34. The molecule has 0 saturated carbocycles. The Morgan fingerprint density at radius 1 is 1.45 bits per heavy atom. The number of ether oxygens (including phenoxy) is 1. The summed E-state index contributed by atoms with van der Waals surface area (Å²) in [5.74, 6) is 4.57. The molecule has 0 rings (SSSR count). The molecule has 0 radical (unpaired) electrons. The Labute approximate surface area is 72.9 Å². The Morgan fingerprint density at radius 2 is 1.91 bits per heavy atom. The molecule has 68 valence electrons. The van der Waals surface area contributed by atoms with Gasteiger partial charge in [-0.1, -0.05) is 0 Å². The van der Waals surface area contributed by atoms with E-state index in [1.54, 1.807) is 6.92 Å². The fourth-order valence-corrected chi connectivity index (χ4v) is 0.587. The van der Waals surface area contributed by atoms with Crippen molar-refractivity contribution in [1.29, 1.82) is 0 Å². The third-order valence-electron chi connectivity index (χ3n) is 0.988. The van der Waals surface area contributed by atoms with Gasteiger partial charge in [0.2, 0.25) is 0 Å². The van der Waals surface area contributed by atoms with Crippen LogP contribution < -0.4 is 23.7 Å². The number of hydrazine groups is 1. The number of amides is 1. The van der Waals surface area contributed by atoms with E-state index in [0.717, 1.165) is 0 Å². The molecule has 0 aliphatic heterocycles. The summed E-state index contributed by atoms with van der Waals surface area (Å²) in [6, 6.07) is 0. The molecule has 1 unspecified atom stereocenters. The molecular formula is C6H14ClN2O2-. The Balaban J connectivity index is 0. The highest BCUT2D eigenvalue weighted by Crippen LogP contribution is 1.95. The van der Waals surface area contributed by atoms with Crippen molar-refractivity contribution in [3.63, 3.8) is 0 Å². The fraction of sp³-hybridized carbons (Fsp3) is 0.833. The zero-order valence-electron chi connectivity index (χ0n) is 6.93. The van der Waals surface area contributed by atoms with E-state index in [9.17, 15) is 4.79 Å². The second kappa shape index (κ2) is 6.39. The van der Waals surface area contributed by atoms with Crippen LogP contribution in [0.25, 0.3) is 0 Å². The van der Waals surface area contributed by atoms with Gasteiger partial charge in [-0.3, -0.25) is 10.2 Å². The van der Waals surface area contributed by atoms with Crippen LogP contribution in [0.1, 0.15) is 20.8 Å². The maximum Gasteiger partial charge on any atom is 0.262 e. The third kappa shape index (κ3) is 6.09. The van der Waals surface area contributed by atoms with Gasteiger partial charge in [0.05, 0.1) is 6.10 Å². The molecule has 0 bridgehead atoms. The first kappa shape index (κ1) is 13.3. The average Bonchev–Trinajstić information content (AvgIpc) is 1.85. The topological polar surface area (TPSA) is 64.3 Å². The first-order valence-corrected chi connectivity index (χ1v) is 3.23. The molecule has 0 aromatic rings. The van der Waals surface area contributed by atoms with E-state index in [0.29, 0.717) is 0 Å². The van der Waals surface area contributed by atoms with E-state index in [2.05, 4.69) is 0 Å². The normalized spacial score (nSPS) is 12.1. The van der Waals surface area contributed by atoms with Gasteiger partial charge in [0, 0.05) is 0 Å². The number of nitrogens with one attached hydrogen (secondary N) is 1. The monoisotopic (exact) mass is 181 g/mol. The van der Waals surface area contributed by atoms with E-state index in [-0.39, 0.29) is 24.4 Å². The summed E-state index contributed by atoms with van der Waals surface area (Å²) in [5, 5.41) is 0. The molecule has 0 fully saturated rings. The van der Waals surface area contributed by atoms with E-state index in [1.807, 2.05) is 19.3 Å². The minimum absolute atomic E-state index is 0. The van der Waals surface area contributed by atoms with Crippen molar-refractivity contribution in [2.75, 3.05) is 0 Å². The van der Waals surface area contributed by atoms with Crippen molar-refractivity contribution in [2.45, 2.75) is 33.0 Å². The number of carbonyl (C=O) groups is 1. The lowest BCUT2D eigenvalue weighted by molar-refractivity contribution is -0.134. The maximum absolute atomic E-state index is 10.7. The fourth-order valence-electron chi connectivity index (χ4n) is 0.587. The molecule has 0 aromatic heterocycles. The van der Waals surface area contributed by atoms with Crippen LogP contribution in [0, 0.1) is 0 Å². The molecule has 0 aromatic carbocycles. The lowest BCUT2D eigenvalue weighted by Crippen LogP contribution is -3.00. The lowest BCUT2D eigenvalue weighted by Gasteiger charge is -2.13. The van der Waals surface area contributed by atoms with Crippen LogP contribution in [0.5, 0.6) is 0 Å². The Kier molecular flexibility index (Phi) is 7.72. The molecular weight excluding hydrogens is 168 g/mol. The summed E-state index contributed by atoms with van der Waals surface area (Å²) in [7, 11) is 0. The molecule has 11 heavy (non-hydrogen) atoms. The highest BCUT2D eigenvalue weighted by molar-refractivity contribution is 5.79. The van der Waals surface area contributed by atoms with Gasteiger partial charge in [-0.15, -0.1) is 0 Å². The van der Waals surface area contributed by atoms with Gasteiger partial charge >= 0.3 is 0 Å². The van der Waals surface area contributed by atoms with Crippen molar-refractivity contribution in [1.82, 2.24) is 5.43 Å². The molecule has 1 amide bonds. The van der Waals surface area contributed by atoms with Crippen LogP contribution in [-0.2, 0) is 9.53 Å². The van der Waals surface area contributed by atoms with E-state index in [4.69, 9.17) is 10.6 Å². The summed E-state index contributed by atoms with van der Waals surface area (Å²) < 4.78 is 5.11. The summed E-state index contributed by atoms with van der Waals surface area (Å²) in [4.78, 5) is 10.7. The molecule has 3 N–H and O–H groups in total. The number of rotatable bonds is 3. The van der Waals surface area contributed by atoms with Crippen LogP contribution in [0.15, 0.2) is 0 Å². The highest BCUT2D eigenvalue weighted by Gasteiger charge is 2.12. The molecule has 5 heteroatoms. The number of hydrogen-bond donors (Lipinski definition) is 2. The Bertz CT molecular complexity index is 119. The van der Waals surface area contributed by atoms with E-state index >= 15 is 0 Å². The second-order valence-electron chi connectivity index (χ2n) is 2.34. The predicted molar refractivity (Wildman–Crippen MR) is 38.0 cm³/mol. The highest BCUT2D eigenvalue weighted by atomic mass is 35.5. The van der Waals surface area contributed by atoms with Crippen LogP contribution in [0.4, 0.5) is 0 Å². The third-order valence-corrected chi connectivity index (χ3v) is 0.988. The van der Waals surface area contributed by atoms with Crippen molar-refractivity contribution >= 4 is 5.91 Å². The number of hydrogen-bond acceptors (Lipinski definition) is 3. The molecule has 0 aliphatic carbocycles. The molecule has 1 atom stereocenters. The summed E-state index contributed by atoms with van der Waals surface area (Å²) in [6.45, 7) is 5.38. The Hall–Kier alpha value is -0.320. The van der Waals surface area contributed by atoms with Crippen LogP contribution in [0.3, 0.4) is 0 Å². The molecule has 4 nitrogen and oxygen atoms in total. The van der Waals surface area contributed by atoms with Crippen molar-refractivity contribution < 1.29 is 21.9 Å². The van der Waals surface area contributed by atoms with Gasteiger partial charge < -0.3 is 17.1 Å². The maximum atomic E-state index is 10.7.